The molecule has 0 spiro atoms. The summed E-state index contributed by atoms with van der Waals surface area (Å²) in [7, 11) is -3.88. The van der Waals surface area contributed by atoms with Gasteiger partial charge < -0.3 is 5.11 Å². The fourth-order valence-electron chi connectivity index (χ4n) is 1.96. The Morgan fingerprint density at radius 2 is 1.74 bits per heavy atom. The van der Waals surface area contributed by atoms with Gasteiger partial charge in [0, 0.05) is 15.1 Å². The van der Waals surface area contributed by atoms with Crippen LogP contribution in [0, 0.1) is 3.57 Å². The molecule has 23 heavy (non-hydrogen) atoms. The predicted molar refractivity (Wildman–Crippen MR) is 97.4 cm³/mol. The zero-order valence-electron chi connectivity index (χ0n) is 11.8. The van der Waals surface area contributed by atoms with E-state index in [-0.39, 0.29) is 17.9 Å². The predicted octanol–water partition coefficient (Wildman–Crippen LogP) is 3.61. The van der Waals surface area contributed by atoms with E-state index < -0.39 is 16.0 Å². The summed E-state index contributed by atoms with van der Waals surface area (Å²) in [6.45, 7) is -0.152. The first kappa shape index (κ1) is 18.0. The Kier molecular flexibility index (Phi) is 5.88. The molecule has 2 aromatic rings. The van der Waals surface area contributed by atoms with E-state index in [4.69, 9.17) is 16.7 Å². The average Bonchev–Trinajstić information content (AvgIpc) is 2.49. The Hall–Kier alpha value is -1.32. The maximum absolute atomic E-state index is 12.9. The second kappa shape index (κ2) is 7.50. The fraction of sp³-hybridized carbons (Fsp3) is 0.133. The summed E-state index contributed by atoms with van der Waals surface area (Å²) in [4.78, 5) is 10.9. The number of hydrogen-bond acceptors (Lipinski definition) is 3. The second-order valence-corrected chi connectivity index (χ2v) is 8.09. The van der Waals surface area contributed by atoms with E-state index >= 15 is 0 Å². The van der Waals surface area contributed by atoms with Gasteiger partial charge in [0.25, 0.3) is 10.0 Å². The number of benzene rings is 2. The van der Waals surface area contributed by atoms with Crippen LogP contribution < -0.4 is 4.31 Å². The molecule has 1 N–H and O–H groups in total. The van der Waals surface area contributed by atoms with Gasteiger partial charge in [-0.2, -0.15) is 0 Å². The molecule has 0 saturated carbocycles. The van der Waals surface area contributed by atoms with E-state index in [1.54, 1.807) is 24.3 Å². The number of para-hydroxylation sites is 1. The molecule has 0 radical (unpaired) electrons. The summed E-state index contributed by atoms with van der Waals surface area (Å²) in [6, 6.07) is 12.7. The van der Waals surface area contributed by atoms with E-state index in [0.717, 1.165) is 4.31 Å². The van der Waals surface area contributed by atoms with Gasteiger partial charge in [-0.1, -0.05) is 23.7 Å². The first-order chi connectivity index (χ1) is 10.8. The standard InChI is InChI=1S/C15H13ClINO4S/c16-11-5-7-12(8-6-11)23(21,22)18(10-9-15(19)20)14-4-2-1-3-13(14)17/h1-8H,9-10H2,(H,19,20). The van der Waals surface area contributed by atoms with E-state index in [0.29, 0.717) is 14.3 Å². The van der Waals surface area contributed by atoms with Crippen LogP contribution in [-0.2, 0) is 14.8 Å². The molecule has 0 heterocycles. The van der Waals surface area contributed by atoms with Gasteiger partial charge in [0.15, 0.2) is 0 Å². The summed E-state index contributed by atoms with van der Waals surface area (Å²) >= 11 is 7.82. The smallest absolute Gasteiger partial charge is 0.305 e. The van der Waals surface area contributed by atoms with Gasteiger partial charge in [0.05, 0.1) is 17.0 Å². The quantitative estimate of drug-likeness (QED) is 0.661. The van der Waals surface area contributed by atoms with Crippen LogP contribution in [0.5, 0.6) is 0 Å². The third-order valence-electron chi connectivity index (χ3n) is 3.05. The Balaban J connectivity index is 2.50. The summed E-state index contributed by atoms with van der Waals surface area (Å²) in [5, 5.41) is 9.34. The monoisotopic (exact) mass is 465 g/mol. The minimum atomic E-state index is -3.88. The highest BCUT2D eigenvalue weighted by molar-refractivity contribution is 14.1. The highest BCUT2D eigenvalue weighted by atomic mass is 127. The van der Waals surface area contributed by atoms with Gasteiger partial charge >= 0.3 is 5.97 Å². The van der Waals surface area contributed by atoms with Crippen molar-refractivity contribution < 1.29 is 18.3 Å². The number of carboxylic acids is 1. The fourth-order valence-corrected chi connectivity index (χ4v) is 4.41. The second-order valence-electron chi connectivity index (χ2n) is 4.63. The lowest BCUT2D eigenvalue weighted by Gasteiger charge is -2.25. The van der Waals surface area contributed by atoms with Crippen molar-refractivity contribution in [3.05, 3.63) is 57.1 Å². The molecule has 0 fully saturated rings. The Morgan fingerprint density at radius 1 is 1.13 bits per heavy atom. The largest absolute Gasteiger partial charge is 0.481 e. The van der Waals surface area contributed by atoms with E-state index in [1.807, 2.05) is 22.6 Å². The van der Waals surface area contributed by atoms with Gasteiger partial charge in [0.1, 0.15) is 0 Å². The lowest BCUT2D eigenvalue weighted by atomic mass is 10.3. The van der Waals surface area contributed by atoms with Crippen molar-refractivity contribution in [3.63, 3.8) is 0 Å². The van der Waals surface area contributed by atoms with Crippen LogP contribution in [-0.4, -0.2) is 26.0 Å². The SMILES string of the molecule is O=C(O)CCN(c1ccccc1I)S(=O)(=O)c1ccc(Cl)cc1. The zero-order valence-corrected chi connectivity index (χ0v) is 15.5. The van der Waals surface area contributed by atoms with Crippen molar-refractivity contribution >= 4 is 55.9 Å². The summed E-state index contributed by atoms with van der Waals surface area (Å²) in [5.74, 6) is -1.06. The number of carboxylic acid groups (broad SMARTS) is 1. The van der Waals surface area contributed by atoms with Crippen LogP contribution >= 0.6 is 34.2 Å². The molecule has 0 aliphatic heterocycles. The van der Waals surface area contributed by atoms with Crippen LogP contribution in [0.15, 0.2) is 53.4 Å². The zero-order chi connectivity index (χ0) is 17.0. The lowest BCUT2D eigenvalue weighted by Crippen LogP contribution is -2.33. The number of rotatable bonds is 6. The van der Waals surface area contributed by atoms with E-state index in [9.17, 15) is 13.2 Å². The highest BCUT2D eigenvalue weighted by Gasteiger charge is 2.26. The molecule has 0 aliphatic carbocycles. The molecule has 0 atom stereocenters. The molecule has 0 aliphatic rings. The topological polar surface area (TPSA) is 74.7 Å². The third-order valence-corrected chi connectivity index (χ3v) is 6.04. The van der Waals surface area contributed by atoms with Gasteiger partial charge in [-0.15, -0.1) is 0 Å². The van der Waals surface area contributed by atoms with E-state index in [2.05, 4.69) is 0 Å². The summed E-state index contributed by atoms with van der Waals surface area (Å²) < 4.78 is 27.6. The van der Waals surface area contributed by atoms with Gasteiger partial charge in [-0.25, -0.2) is 8.42 Å². The van der Waals surface area contributed by atoms with Crippen molar-refractivity contribution in [2.45, 2.75) is 11.3 Å². The number of sulfonamides is 1. The molecule has 2 aromatic carbocycles. The number of carbonyl (C=O) groups is 1. The minimum absolute atomic E-state index is 0.0620. The van der Waals surface area contributed by atoms with Crippen molar-refractivity contribution in [3.8, 4) is 0 Å². The molecule has 0 aromatic heterocycles. The van der Waals surface area contributed by atoms with Gasteiger partial charge in [0.2, 0.25) is 0 Å². The molecular weight excluding hydrogens is 453 g/mol. The van der Waals surface area contributed by atoms with Crippen molar-refractivity contribution in [1.82, 2.24) is 0 Å². The van der Waals surface area contributed by atoms with Gasteiger partial charge in [-0.05, 0) is 59.0 Å². The number of hydrogen-bond donors (Lipinski definition) is 1. The lowest BCUT2D eigenvalue weighted by molar-refractivity contribution is -0.136. The van der Waals surface area contributed by atoms with Crippen molar-refractivity contribution in [2.75, 3.05) is 10.8 Å². The molecule has 8 heteroatoms. The molecule has 122 valence electrons. The van der Waals surface area contributed by atoms with Crippen LogP contribution in [0.3, 0.4) is 0 Å². The highest BCUT2D eigenvalue weighted by Crippen LogP contribution is 2.28. The Morgan fingerprint density at radius 3 is 2.30 bits per heavy atom. The van der Waals surface area contributed by atoms with Crippen LogP contribution in [0.4, 0.5) is 5.69 Å². The van der Waals surface area contributed by atoms with E-state index in [1.165, 1.54) is 24.3 Å². The van der Waals surface area contributed by atoms with Crippen LogP contribution in [0.1, 0.15) is 6.42 Å². The minimum Gasteiger partial charge on any atom is -0.481 e. The Labute approximate surface area is 153 Å². The maximum atomic E-state index is 12.9. The normalized spacial score (nSPS) is 11.2. The molecular formula is C15H13ClINO4S. The van der Waals surface area contributed by atoms with Crippen LogP contribution in [0.2, 0.25) is 5.02 Å². The number of anilines is 1. The first-order valence-electron chi connectivity index (χ1n) is 6.57. The Bertz CT molecular complexity index is 808. The molecule has 2 rings (SSSR count). The van der Waals surface area contributed by atoms with Crippen LogP contribution in [0.25, 0.3) is 0 Å². The number of aliphatic carboxylic acids is 1. The first-order valence-corrected chi connectivity index (χ1v) is 9.46. The van der Waals surface area contributed by atoms with Crippen molar-refractivity contribution in [2.24, 2.45) is 0 Å². The molecule has 0 unspecified atom stereocenters. The van der Waals surface area contributed by atoms with Gasteiger partial charge in [-0.3, -0.25) is 9.10 Å². The number of halogens is 2. The summed E-state index contributed by atoms with van der Waals surface area (Å²) in [5.41, 5.74) is 0.448. The summed E-state index contributed by atoms with van der Waals surface area (Å²) in [6.07, 6.45) is -0.294. The third kappa shape index (κ3) is 4.36. The molecule has 0 bridgehead atoms. The maximum Gasteiger partial charge on any atom is 0.305 e. The number of nitrogens with zero attached hydrogens (tertiary/aromatic N) is 1. The van der Waals surface area contributed by atoms with Crippen molar-refractivity contribution in [1.29, 1.82) is 0 Å². The average molecular weight is 466 g/mol. The molecule has 0 amide bonds. The molecule has 5 nitrogen and oxygen atoms in total. The molecule has 0 saturated heterocycles.